The van der Waals surface area contributed by atoms with Gasteiger partial charge in [0, 0.05) is 12.5 Å². The Morgan fingerprint density at radius 1 is 1.10 bits per heavy atom. The van der Waals surface area contributed by atoms with Crippen molar-refractivity contribution in [1.82, 2.24) is 5.32 Å². The molecule has 0 spiro atoms. The number of rotatable bonds is 3. The van der Waals surface area contributed by atoms with E-state index in [-0.39, 0.29) is 6.10 Å². The first-order valence-corrected chi connectivity index (χ1v) is 10.3. The average molecular weight is 437 g/mol. The molecule has 4 rings (SSSR count). The van der Waals surface area contributed by atoms with E-state index in [0.29, 0.717) is 5.92 Å². The van der Waals surface area contributed by atoms with Gasteiger partial charge in [0.05, 0.1) is 12.7 Å². The Morgan fingerprint density at radius 2 is 1.77 bits per heavy atom. The third-order valence-corrected chi connectivity index (χ3v) is 5.52. The van der Waals surface area contributed by atoms with Gasteiger partial charge in [-0.3, -0.25) is 0 Å². The van der Waals surface area contributed by atoms with E-state index in [1.54, 1.807) is 0 Å². The first-order valence-electron chi connectivity index (χ1n) is 10.3. The van der Waals surface area contributed by atoms with Crippen LogP contribution in [0.3, 0.4) is 0 Å². The molecule has 0 saturated carbocycles. The summed E-state index contributed by atoms with van der Waals surface area (Å²) in [6.07, 6.45) is -1.02. The van der Waals surface area contributed by atoms with Gasteiger partial charge in [-0.05, 0) is 66.6 Å². The van der Waals surface area contributed by atoms with Crippen molar-refractivity contribution >= 4 is 5.97 Å². The molecule has 2 aromatic rings. The standard InChI is InChI=1S/C21H25NO2.C2HF3O2/c23-21(19-3-1-11-22-14-19)16-7-5-15(6-8-16)17-9-10-20-18(13-17)4-2-12-24-20;3-2(4,5)1(6)7/h5-10,13,19,21-23H,1-4,11-12,14H2;(H,6,7). The van der Waals surface area contributed by atoms with Gasteiger partial charge in [-0.2, -0.15) is 13.2 Å². The number of fused-ring (bicyclic) bond motifs is 1. The number of ether oxygens (including phenoxy) is 1. The number of halogens is 3. The Labute approximate surface area is 178 Å². The van der Waals surface area contributed by atoms with E-state index in [1.807, 2.05) is 0 Å². The van der Waals surface area contributed by atoms with Gasteiger partial charge < -0.3 is 20.3 Å². The minimum atomic E-state index is -5.08. The number of piperidine rings is 1. The van der Waals surface area contributed by atoms with Crippen LogP contribution in [0.5, 0.6) is 5.75 Å². The van der Waals surface area contributed by atoms with Crippen LogP contribution in [0.2, 0.25) is 0 Å². The molecule has 0 bridgehead atoms. The van der Waals surface area contributed by atoms with E-state index in [0.717, 1.165) is 56.7 Å². The Morgan fingerprint density at radius 3 is 2.39 bits per heavy atom. The highest BCUT2D eigenvalue weighted by Gasteiger charge is 2.38. The van der Waals surface area contributed by atoms with Crippen LogP contribution in [-0.4, -0.2) is 42.1 Å². The summed E-state index contributed by atoms with van der Waals surface area (Å²) < 4.78 is 37.4. The Balaban J connectivity index is 0.000000339. The third-order valence-electron chi connectivity index (χ3n) is 5.52. The van der Waals surface area contributed by atoms with Crippen molar-refractivity contribution in [3.8, 4) is 16.9 Å². The number of benzene rings is 2. The molecule has 2 aromatic carbocycles. The van der Waals surface area contributed by atoms with Crippen LogP contribution >= 0.6 is 0 Å². The fourth-order valence-electron chi connectivity index (χ4n) is 3.83. The molecule has 2 aliphatic heterocycles. The van der Waals surface area contributed by atoms with Gasteiger partial charge >= 0.3 is 12.1 Å². The Bertz CT molecular complexity index is 877. The van der Waals surface area contributed by atoms with Crippen LogP contribution in [0.4, 0.5) is 13.2 Å². The quantitative estimate of drug-likeness (QED) is 0.666. The zero-order chi connectivity index (χ0) is 22.4. The smallest absolute Gasteiger partial charge is 0.490 e. The number of aryl methyl sites for hydroxylation is 1. The molecule has 2 aliphatic rings. The van der Waals surface area contributed by atoms with Crippen molar-refractivity contribution in [2.75, 3.05) is 19.7 Å². The molecule has 0 aromatic heterocycles. The largest absolute Gasteiger partial charge is 0.493 e. The molecule has 5 nitrogen and oxygen atoms in total. The van der Waals surface area contributed by atoms with E-state index in [2.05, 4.69) is 47.8 Å². The minimum absolute atomic E-state index is 0.325. The van der Waals surface area contributed by atoms with Gasteiger partial charge in [0.2, 0.25) is 0 Å². The maximum Gasteiger partial charge on any atom is 0.490 e. The lowest BCUT2D eigenvalue weighted by molar-refractivity contribution is -0.192. The summed E-state index contributed by atoms with van der Waals surface area (Å²) >= 11 is 0. The molecule has 2 atom stereocenters. The molecule has 1 fully saturated rings. The monoisotopic (exact) mass is 437 g/mol. The average Bonchev–Trinajstić information content (AvgIpc) is 2.79. The van der Waals surface area contributed by atoms with Gasteiger partial charge in [0.15, 0.2) is 0 Å². The second kappa shape index (κ2) is 10.2. The zero-order valence-electron chi connectivity index (χ0n) is 17.0. The van der Waals surface area contributed by atoms with E-state index in [4.69, 9.17) is 14.6 Å². The summed E-state index contributed by atoms with van der Waals surface area (Å²) in [7, 11) is 0. The fraction of sp³-hybridized carbons (Fsp3) is 0.435. The number of aliphatic hydroxyl groups is 1. The topological polar surface area (TPSA) is 78.8 Å². The molecule has 8 heteroatoms. The van der Waals surface area contributed by atoms with Gasteiger partial charge in [-0.25, -0.2) is 4.79 Å². The number of alkyl halides is 3. The van der Waals surface area contributed by atoms with Crippen molar-refractivity contribution in [1.29, 1.82) is 0 Å². The Hall–Kier alpha value is -2.58. The van der Waals surface area contributed by atoms with Gasteiger partial charge in [-0.1, -0.05) is 30.3 Å². The van der Waals surface area contributed by atoms with Crippen LogP contribution in [-0.2, 0) is 11.2 Å². The third kappa shape index (κ3) is 6.21. The maximum atomic E-state index is 10.6. The lowest BCUT2D eigenvalue weighted by Gasteiger charge is -2.27. The summed E-state index contributed by atoms with van der Waals surface area (Å²) in [5, 5.41) is 21.1. The second-order valence-electron chi connectivity index (χ2n) is 7.75. The summed E-state index contributed by atoms with van der Waals surface area (Å²) in [5.74, 6) is -1.40. The predicted molar refractivity (Wildman–Crippen MR) is 110 cm³/mol. The molecule has 3 N–H and O–H groups in total. The maximum absolute atomic E-state index is 10.6. The summed E-state index contributed by atoms with van der Waals surface area (Å²) in [6.45, 7) is 2.81. The molecule has 31 heavy (non-hydrogen) atoms. The number of nitrogens with one attached hydrogen (secondary N) is 1. The highest BCUT2D eigenvalue weighted by molar-refractivity contribution is 5.73. The van der Waals surface area contributed by atoms with Crippen molar-refractivity contribution < 1.29 is 32.9 Å². The van der Waals surface area contributed by atoms with Crippen molar-refractivity contribution in [2.45, 2.75) is 38.0 Å². The normalized spacial score (nSPS) is 19.3. The number of hydrogen-bond donors (Lipinski definition) is 3. The molecule has 0 radical (unpaired) electrons. The first kappa shape index (κ1) is 23.1. The van der Waals surface area contributed by atoms with Gasteiger partial charge in [-0.15, -0.1) is 0 Å². The highest BCUT2D eigenvalue weighted by Crippen LogP contribution is 2.32. The van der Waals surface area contributed by atoms with Crippen molar-refractivity contribution in [3.63, 3.8) is 0 Å². The molecule has 168 valence electrons. The molecule has 0 aliphatic carbocycles. The Kier molecular flexibility index (Phi) is 7.56. The second-order valence-corrected chi connectivity index (χ2v) is 7.75. The number of carboxylic acids is 1. The van der Waals surface area contributed by atoms with Crippen molar-refractivity contribution in [3.05, 3.63) is 53.6 Å². The molecule has 0 amide bonds. The predicted octanol–water partition coefficient (Wildman–Crippen LogP) is 4.34. The highest BCUT2D eigenvalue weighted by atomic mass is 19.4. The SMILES string of the molecule is O=C(O)C(F)(F)F.OC(c1ccc(-c2ccc3c(c2)CCCO3)cc1)C1CCCNC1. The number of carboxylic acid groups (broad SMARTS) is 1. The summed E-state index contributed by atoms with van der Waals surface area (Å²) in [4.78, 5) is 8.90. The summed E-state index contributed by atoms with van der Waals surface area (Å²) in [5.41, 5.74) is 4.74. The van der Waals surface area contributed by atoms with Crippen LogP contribution in [0.25, 0.3) is 11.1 Å². The number of aliphatic hydroxyl groups excluding tert-OH is 1. The van der Waals surface area contributed by atoms with Gasteiger partial charge in [0.1, 0.15) is 5.75 Å². The minimum Gasteiger partial charge on any atom is -0.493 e. The van der Waals surface area contributed by atoms with E-state index < -0.39 is 12.1 Å². The van der Waals surface area contributed by atoms with Crippen LogP contribution in [0, 0.1) is 5.92 Å². The number of carbonyl (C=O) groups is 1. The lowest BCUT2D eigenvalue weighted by Crippen LogP contribution is -2.33. The van der Waals surface area contributed by atoms with Crippen molar-refractivity contribution in [2.24, 2.45) is 5.92 Å². The summed E-state index contributed by atoms with van der Waals surface area (Å²) in [6, 6.07) is 14.8. The molecular weight excluding hydrogens is 411 g/mol. The number of hydrogen-bond acceptors (Lipinski definition) is 4. The van der Waals surface area contributed by atoms with Crippen LogP contribution < -0.4 is 10.1 Å². The van der Waals surface area contributed by atoms with E-state index in [9.17, 15) is 18.3 Å². The molecule has 1 saturated heterocycles. The first-order chi connectivity index (χ1) is 14.8. The zero-order valence-corrected chi connectivity index (χ0v) is 17.0. The molecule has 2 heterocycles. The van der Waals surface area contributed by atoms with Crippen LogP contribution in [0.15, 0.2) is 42.5 Å². The lowest BCUT2D eigenvalue weighted by atomic mass is 9.88. The fourth-order valence-corrected chi connectivity index (χ4v) is 3.83. The van der Waals surface area contributed by atoms with E-state index >= 15 is 0 Å². The molecular formula is C23H26F3NO4. The molecule has 2 unspecified atom stereocenters. The van der Waals surface area contributed by atoms with Gasteiger partial charge in [0.25, 0.3) is 0 Å². The number of aliphatic carboxylic acids is 1. The van der Waals surface area contributed by atoms with E-state index in [1.165, 1.54) is 16.7 Å². The van der Waals surface area contributed by atoms with Crippen LogP contribution in [0.1, 0.15) is 36.5 Å².